The van der Waals surface area contributed by atoms with Gasteiger partial charge in [0.2, 0.25) is 0 Å². The molecule has 4 nitrogen and oxygen atoms in total. The van der Waals surface area contributed by atoms with E-state index in [0.29, 0.717) is 32.2 Å². The number of aliphatic hydroxyl groups is 2. The molecule has 0 aromatic carbocycles. The molecule has 19 heavy (non-hydrogen) atoms. The number of aliphatic hydroxyl groups excluding tert-OH is 1. The van der Waals surface area contributed by atoms with E-state index in [1.807, 2.05) is 0 Å². The molecule has 0 heterocycles. The van der Waals surface area contributed by atoms with Crippen LogP contribution in [0, 0.1) is 11.8 Å². The Labute approximate surface area is 117 Å². The number of hydrogen-bond acceptors (Lipinski definition) is 4. The van der Waals surface area contributed by atoms with E-state index in [2.05, 4.69) is 26.1 Å². The van der Waals surface area contributed by atoms with E-state index in [0.717, 1.165) is 31.6 Å². The SMILES string of the molecule is CC(C)COCC(O)CNCC1(O)CCC(C)CC1. The van der Waals surface area contributed by atoms with Crippen LogP contribution in [0.1, 0.15) is 46.5 Å². The van der Waals surface area contributed by atoms with Gasteiger partial charge in [-0.15, -0.1) is 0 Å². The van der Waals surface area contributed by atoms with Gasteiger partial charge in [0, 0.05) is 19.7 Å². The van der Waals surface area contributed by atoms with Crippen LogP contribution in [0.5, 0.6) is 0 Å². The van der Waals surface area contributed by atoms with Crippen LogP contribution in [0.15, 0.2) is 0 Å². The molecule has 1 fully saturated rings. The lowest BCUT2D eigenvalue weighted by molar-refractivity contribution is -0.0127. The molecule has 1 rings (SSSR count). The zero-order valence-electron chi connectivity index (χ0n) is 12.7. The van der Waals surface area contributed by atoms with Crippen molar-refractivity contribution in [1.82, 2.24) is 5.32 Å². The van der Waals surface area contributed by atoms with Gasteiger partial charge in [0.1, 0.15) is 0 Å². The highest BCUT2D eigenvalue weighted by Gasteiger charge is 2.31. The molecule has 1 aliphatic rings. The van der Waals surface area contributed by atoms with Gasteiger partial charge in [0.25, 0.3) is 0 Å². The van der Waals surface area contributed by atoms with Crippen LogP contribution in [0.25, 0.3) is 0 Å². The van der Waals surface area contributed by atoms with Crippen molar-refractivity contribution in [1.29, 1.82) is 0 Å². The molecule has 0 amide bonds. The van der Waals surface area contributed by atoms with Crippen LogP contribution in [0.4, 0.5) is 0 Å². The fourth-order valence-corrected chi connectivity index (χ4v) is 2.45. The highest BCUT2D eigenvalue weighted by molar-refractivity contribution is 4.86. The summed E-state index contributed by atoms with van der Waals surface area (Å²) in [7, 11) is 0. The van der Waals surface area contributed by atoms with Crippen molar-refractivity contribution < 1.29 is 14.9 Å². The molecule has 4 heteroatoms. The van der Waals surface area contributed by atoms with Gasteiger partial charge >= 0.3 is 0 Å². The Morgan fingerprint density at radius 2 is 1.89 bits per heavy atom. The molecule has 0 aliphatic heterocycles. The van der Waals surface area contributed by atoms with E-state index in [9.17, 15) is 10.2 Å². The Morgan fingerprint density at radius 3 is 2.47 bits per heavy atom. The lowest BCUT2D eigenvalue weighted by Gasteiger charge is -2.35. The molecule has 114 valence electrons. The van der Waals surface area contributed by atoms with Crippen molar-refractivity contribution in [3.05, 3.63) is 0 Å². The van der Waals surface area contributed by atoms with Gasteiger partial charge < -0.3 is 20.3 Å². The van der Waals surface area contributed by atoms with Gasteiger partial charge in [0.05, 0.1) is 18.3 Å². The van der Waals surface area contributed by atoms with Crippen LogP contribution in [-0.2, 0) is 4.74 Å². The first-order valence-corrected chi connectivity index (χ1v) is 7.60. The van der Waals surface area contributed by atoms with Crippen molar-refractivity contribution in [2.75, 3.05) is 26.3 Å². The summed E-state index contributed by atoms with van der Waals surface area (Å²) in [5.41, 5.74) is -0.578. The third-order valence-corrected chi connectivity index (χ3v) is 3.80. The van der Waals surface area contributed by atoms with Crippen LogP contribution in [0.2, 0.25) is 0 Å². The third-order valence-electron chi connectivity index (χ3n) is 3.80. The van der Waals surface area contributed by atoms with Crippen LogP contribution >= 0.6 is 0 Å². The predicted molar refractivity (Wildman–Crippen MR) is 77.1 cm³/mol. The molecule has 1 unspecified atom stereocenters. The van der Waals surface area contributed by atoms with Crippen LogP contribution in [-0.4, -0.2) is 48.2 Å². The molecule has 0 aromatic rings. The number of rotatable bonds is 8. The van der Waals surface area contributed by atoms with Crippen molar-refractivity contribution in [3.63, 3.8) is 0 Å². The zero-order chi connectivity index (χ0) is 14.3. The van der Waals surface area contributed by atoms with Crippen molar-refractivity contribution >= 4 is 0 Å². The van der Waals surface area contributed by atoms with Gasteiger partial charge in [-0.2, -0.15) is 0 Å². The first-order chi connectivity index (χ1) is 8.91. The van der Waals surface area contributed by atoms with E-state index in [-0.39, 0.29) is 0 Å². The Morgan fingerprint density at radius 1 is 1.26 bits per heavy atom. The summed E-state index contributed by atoms with van der Waals surface area (Å²) in [4.78, 5) is 0. The average Bonchev–Trinajstić information content (AvgIpc) is 2.33. The standard InChI is InChI=1S/C15H31NO3/c1-12(2)9-19-10-14(17)8-16-11-15(18)6-4-13(3)5-7-15/h12-14,16-18H,4-11H2,1-3H3. The van der Waals surface area contributed by atoms with Crippen LogP contribution < -0.4 is 5.32 Å². The smallest absolute Gasteiger partial charge is 0.0897 e. The highest BCUT2D eigenvalue weighted by Crippen LogP contribution is 2.31. The second kappa shape index (κ2) is 8.20. The molecule has 1 atom stereocenters. The maximum atomic E-state index is 10.4. The largest absolute Gasteiger partial charge is 0.389 e. The predicted octanol–water partition coefficient (Wildman–Crippen LogP) is 1.55. The minimum Gasteiger partial charge on any atom is -0.389 e. The minimum absolute atomic E-state index is 0.362. The van der Waals surface area contributed by atoms with Gasteiger partial charge in [0.15, 0.2) is 0 Å². The fraction of sp³-hybridized carbons (Fsp3) is 1.00. The average molecular weight is 273 g/mol. The van der Waals surface area contributed by atoms with Gasteiger partial charge in [-0.25, -0.2) is 0 Å². The van der Waals surface area contributed by atoms with E-state index in [4.69, 9.17) is 4.74 Å². The van der Waals surface area contributed by atoms with Crippen molar-refractivity contribution in [2.45, 2.75) is 58.2 Å². The van der Waals surface area contributed by atoms with Crippen LogP contribution in [0.3, 0.4) is 0 Å². The zero-order valence-corrected chi connectivity index (χ0v) is 12.7. The normalized spacial score (nSPS) is 29.7. The van der Waals surface area contributed by atoms with Gasteiger partial charge in [-0.3, -0.25) is 0 Å². The number of ether oxygens (including phenoxy) is 1. The third kappa shape index (κ3) is 7.25. The van der Waals surface area contributed by atoms with E-state index < -0.39 is 11.7 Å². The number of hydrogen-bond donors (Lipinski definition) is 3. The summed E-state index contributed by atoms with van der Waals surface area (Å²) in [6.07, 6.45) is 3.42. The topological polar surface area (TPSA) is 61.7 Å². The molecular formula is C15H31NO3. The molecule has 3 N–H and O–H groups in total. The summed E-state index contributed by atoms with van der Waals surface area (Å²) >= 11 is 0. The fourth-order valence-electron chi connectivity index (χ4n) is 2.45. The van der Waals surface area contributed by atoms with E-state index in [1.54, 1.807) is 0 Å². The van der Waals surface area contributed by atoms with Gasteiger partial charge in [-0.1, -0.05) is 20.8 Å². The first kappa shape index (κ1) is 16.9. The highest BCUT2D eigenvalue weighted by atomic mass is 16.5. The lowest BCUT2D eigenvalue weighted by atomic mass is 9.79. The molecular weight excluding hydrogens is 242 g/mol. The van der Waals surface area contributed by atoms with E-state index >= 15 is 0 Å². The summed E-state index contributed by atoms with van der Waals surface area (Å²) < 4.78 is 5.39. The Kier molecular flexibility index (Phi) is 7.29. The molecule has 0 saturated heterocycles. The second-order valence-corrected chi connectivity index (χ2v) is 6.62. The maximum absolute atomic E-state index is 10.4. The van der Waals surface area contributed by atoms with Crippen molar-refractivity contribution in [3.8, 4) is 0 Å². The molecule has 1 saturated carbocycles. The summed E-state index contributed by atoms with van der Waals surface area (Å²) in [6, 6.07) is 0. The first-order valence-electron chi connectivity index (χ1n) is 7.60. The van der Waals surface area contributed by atoms with E-state index in [1.165, 1.54) is 0 Å². The van der Waals surface area contributed by atoms with Gasteiger partial charge in [-0.05, 0) is 37.5 Å². The Balaban J connectivity index is 2.09. The Bertz CT molecular complexity index is 238. The molecule has 0 radical (unpaired) electrons. The second-order valence-electron chi connectivity index (χ2n) is 6.62. The van der Waals surface area contributed by atoms with Crippen molar-refractivity contribution in [2.24, 2.45) is 11.8 Å². The maximum Gasteiger partial charge on any atom is 0.0897 e. The number of nitrogens with one attached hydrogen (secondary N) is 1. The summed E-state index contributed by atoms with van der Waals surface area (Å²) in [5.74, 6) is 1.22. The monoisotopic (exact) mass is 273 g/mol. The quantitative estimate of drug-likeness (QED) is 0.628. The lowest BCUT2D eigenvalue weighted by Crippen LogP contribution is -2.45. The molecule has 0 bridgehead atoms. The molecule has 0 spiro atoms. The minimum atomic E-state index is -0.578. The summed E-state index contributed by atoms with van der Waals surface area (Å²) in [5, 5.41) is 23.3. The molecule has 0 aromatic heterocycles. The molecule has 1 aliphatic carbocycles. The summed E-state index contributed by atoms with van der Waals surface area (Å²) in [6.45, 7) is 8.51. The Hall–Kier alpha value is -0.160.